The molecule has 0 bridgehead atoms. The van der Waals surface area contributed by atoms with Crippen LogP contribution in [0.3, 0.4) is 0 Å². The van der Waals surface area contributed by atoms with Crippen molar-refractivity contribution in [3.8, 4) is 0 Å². The first-order chi connectivity index (χ1) is 8.10. The standard InChI is InChI=1S/C12H15NO3S/c1-2-8-6-9(12(15)16)11(17-8)13-10(14)5-7-3-4-7/h6-7H,2-5H2,1H3,(H,13,14)(H,15,16). The highest BCUT2D eigenvalue weighted by Crippen LogP contribution is 2.34. The van der Waals surface area contributed by atoms with Gasteiger partial charge in [-0.1, -0.05) is 6.92 Å². The molecule has 1 fully saturated rings. The zero-order valence-electron chi connectivity index (χ0n) is 9.66. The maximum atomic E-state index is 11.6. The van der Waals surface area contributed by atoms with Crippen LogP contribution in [0.4, 0.5) is 5.00 Å². The summed E-state index contributed by atoms with van der Waals surface area (Å²) in [5.74, 6) is -0.545. The van der Waals surface area contributed by atoms with Gasteiger partial charge in [-0.25, -0.2) is 4.79 Å². The van der Waals surface area contributed by atoms with Crippen molar-refractivity contribution < 1.29 is 14.7 Å². The van der Waals surface area contributed by atoms with Crippen LogP contribution in [0.5, 0.6) is 0 Å². The van der Waals surface area contributed by atoms with E-state index in [2.05, 4.69) is 5.32 Å². The zero-order valence-corrected chi connectivity index (χ0v) is 10.5. The van der Waals surface area contributed by atoms with Crippen LogP contribution in [0.15, 0.2) is 6.07 Å². The second-order valence-corrected chi connectivity index (χ2v) is 5.45. The Kier molecular flexibility index (Phi) is 3.47. The molecule has 1 saturated carbocycles. The summed E-state index contributed by atoms with van der Waals surface area (Å²) in [5.41, 5.74) is 0.205. The minimum absolute atomic E-state index is 0.0699. The fourth-order valence-corrected chi connectivity index (χ4v) is 2.63. The molecule has 4 nitrogen and oxygen atoms in total. The van der Waals surface area contributed by atoms with Gasteiger partial charge in [-0.15, -0.1) is 11.3 Å². The van der Waals surface area contributed by atoms with Gasteiger partial charge < -0.3 is 10.4 Å². The van der Waals surface area contributed by atoms with E-state index in [1.807, 2.05) is 6.92 Å². The number of carboxylic acid groups (broad SMARTS) is 1. The van der Waals surface area contributed by atoms with E-state index in [1.54, 1.807) is 6.07 Å². The molecule has 1 heterocycles. The van der Waals surface area contributed by atoms with E-state index in [4.69, 9.17) is 5.11 Å². The quantitative estimate of drug-likeness (QED) is 0.848. The predicted octanol–water partition coefficient (Wildman–Crippen LogP) is 2.75. The number of aromatic carboxylic acids is 1. The molecule has 0 saturated heterocycles. The number of carbonyl (C=O) groups excluding carboxylic acids is 1. The molecule has 0 spiro atoms. The fraction of sp³-hybridized carbons (Fsp3) is 0.500. The first kappa shape index (κ1) is 12.1. The first-order valence-corrected chi connectivity index (χ1v) is 6.57. The number of aryl methyl sites for hydroxylation is 1. The van der Waals surface area contributed by atoms with Gasteiger partial charge in [-0.2, -0.15) is 0 Å². The van der Waals surface area contributed by atoms with Crippen LogP contribution in [-0.4, -0.2) is 17.0 Å². The average Bonchev–Trinajstić information content (AvgIpc) is 2.96. The lowest BCUT2D eigenvalue weighted by Crippen LogP contribution is -2.13. The zero-order chi connectivity index (χ0) is 12.4. The molecule has 92 valence electrons. The lowest BCUT2D eigenvalue weighted by molar-refractivity contribution is -0.116. The van der Waals surface area contributed by atoms with Gasteiger partial charge in [-0.3, -0.25) is 4.79 Å². The maximum absolute atomic E-state index is 11.6. The molecule has 1 aromatic rings. The summed E-state index contributed by atoms with van der Waals surface area (Å²) in [5, 5.41) is 12.2. The van der Waals surface area contributed by atoms with Gasteiger partial charge in [0.25, 0.3) is 0 Å². The van der Waals surface area contributed by atoms with Crippen molar-refractivity contribution in [3.05, 3.63) is 16.5 Å². The predicted molar refractivity (Wildman–Crippen MR) is 66.6 cm³/mol. The molecule has 2 rings (SSSR count). The Bertz CT molecular complexity index is 449. The van der Waals surface area contributed by atoms with Crippen molar-refractivity contribution >= 4 is 28.2 Å². The molecule has 1 amide bonds. The normalized spacial score (nSPS) is 14.6. The largest absolute Gasteiger partial charge is 0.478 e. The summed E-state index contributed by atoms with van der Waals surface area (Å²) < 4.78 is 0. The maximum Gasteiger partial charge on any atom is 0.338 e. The van der Waals surface area contributed by atoms with Crippen LogP contribution in [-0.2, 0) is 11.2 Å². The molecule has 1 aliphatic rings. The number of rotatable bonds is 5. The van der Waals surface area contributed by atoms with E-state index in [0.29, 0.717) is 17.3 Å². The Hall–Kier alpha value is -1.36. The molecular formula is C12H15NO3S. The Morgan fingerprint density at radius 2 is 2.24 bits per heavy atom. The van der Waals surface area contributed by atoms with E-state index in [1.165, 1.54) is 11.3 Å². The van der Waals surface area contributed by atoms with Crippen molar-refractivity contribution in [2.24, 2.45) is 5.92 Å². The highest BCUT2D eigenvalue weighted by Gasteiger charge is 2.25. The van der Waals surface area contributed by atoms with Crippen LogP contribution in [0, 0.1) is 5.92 Å². The van der Waals surface area contributed by atoms with E-state index in [9.17, 15) is 9.59 Å². The smallest absolute Gasteiger partial charge is 0.338 e. The van der Waals surface area contributed by atoms with Crippen LogP contribution in [0.25, 0.3) is 0 Å². The third-order valence-electron chi connectivity index (χ3n) is 2.79. The van der Waals surface area contributed by atoms with Crippen molar-refractivity contribution in [2.45, 2.75) is 32.6 Å². The second kappa shape index (κ2) is 4.87. The molecule has 0 radical (unpaired) electrons. The topological polar surface area (TPSA) is 66.4 Å². The second-order valence-electron chi connectivity index (χ2n) is 4.31. The number of amides is 1. The molecule has 0 aromatic carbocycles. The Balaban J connectivity index is 2.09. The summed E-state index contributed by atoms with van der Waals surface area (Å²) in [6.45, 7) is 1.97. The Morgan fingerprint density at radius 3 is 2.76 bits per heavy atom. The minimum Gasteiger partial charge on any atom is -0.478 e. The van der Waals surface area contributed by atoms with E-state index in [-0.39, 0.29) is 11.5 Å². The van der Waals surface area contributed by atoms with Crippen molar-refractivity contribution in [1.29, 1.82) is 0 Å². The summed E-state index contributed by atoms with van der Waals surface area (Å²) in [7, 11) is 0. The molecule has 5 heteroatoms. The molecule has 1 aliphatic carbocycles. The lowest BCUT2D eigenvalue weighted by atomic mass is 10.2. The first-order valence-electron chi connectivity index (χ1n) is 5.76. The molecule has 2 N–H and O–H groups in total. The highest BCUT2D eigenvalue weighted by atomic mass is 32.1. The van der Waals surface area contributed by atoms with Gasteiger partial charge in [0.1, 0.15) is 5.00 Å². The molecule has 17 heavy (non-hydrogen) atoms. The SMILES string of the molecule is CCc1cc(C(=O)O)c(NC(=O)CC2CC2)s1. The van der Waals surface area contributed by atoms with Crippen LogP contribution >= 0.6 is 11.3 Å². The number of nitrogens with one attached hydrogen (secondary N) is 1. The van der Waals surface area contributed by atoms with Gasteiger partial charge in [0.15, 0.2) is 0 Å². The molecule has 0 aliphatic heterocycles. The molecule has 0 atom stereocenters. The summed E-state index contributed by atoms with van der Waals surface area (Å²) in [6, 6.07) is 1.64. The average molecular weight is 253 g/mol. The summed E-state index contributed by atoms with van der Waals surface area (Å²) in [4.78, 5) is 23.6. The van der Waals surface area contributed by atoms with Gasteiger partial charge >= 0.3 is 5.97 Å². The number of thiophene rings is 1. The van der Waals surface area contributed by atoms with Gasteiger partial charge in [0.2, 0.25) is 5.91 Å². The van der Waals surface area contributed by atoms with Crippen molar-refractivity contribution in [3.63, 3.8) is 0 Å². The van der Waals surface area contributed by atoms with Crippen LogP contribution in [0.2, 0.25) is 0 Å². The van der Waals surface area contributed by atoms with Gasteiger partial charge in [0.05, 0.1) is 5.56 Å². The summed E-state index contributed by atoms with van der Waals surface area (Å²) in [6.07, 6.45) is 3.52. The minimum atomic E-state index is -0.984. The number of anilines is 1. The van der Waals surface area contributed by atoms with E-state index >= 15 is 0 Å². The van der Waals surface area contributed by atoms with Crippen molar-refractivity contribution in [2.75, 3.05) is 5.32 Å². The van der Waals surface area contributed by atoms with Crippen molar-refractivity contribution in [1.82, 2.24) is 0 Å². The number of carboxylic acids is 1. The third kappa shape index (κ3) is 3.06. The van der Waals surface area contributed by atoms with Gasteiger partial charge in [0, 0.05) is 11.3 Å². The number of carbonyl (C=O) groups is 2. The molecule has 1 aromatic heterocycles. The van der Waals surface area contributed by atoms with Crippen LogP contribution < -0.4 is 5.32 Å². The lowest BCUT2D eigenvalue weighted by Gasteiger charge is -2.02. The summed E-state index contributed by atoms with van der Waals surface area (Å²) >= 11 is 1.35. The Labute approximate surface area is 104 Å². The molecular weight excluding hydrogens is 238 g/mol. The van der Waals surface area contributed by atoms with Crippen LogP contribution in [0.1, 0.15) is 41.4 Å². The highest BCUT2D eigenvalue weighted by molar-refractivity contribution is 7.16. The Morgan fingerprint density at radius 1 is 1.53 bits per heavy atom. The third-order valence-corrected chi connectivity index (χ3v) is 3.98. The van der Waals surface area contributed by atoms with Gasteiger partial charge in [-0.05, 0) is 31.2 Å². The number of hydrogen-bond donors (Lipinski definition) is 2. The fourth-order valence-electron chi connectivity index (χ4n) is 1.63. The molecule has 0 unspecified atom stereocenters. The number of hydrogen-bond acceptors (Lipinski definition) is 3. The monoisotopic (exact) mass is 253 g/mol. The van der Waals surface area contributed by atoms with E-state index in [0.717, 1.165) is 24.1 Å². The van der Waals surface area contributed by atoms with E-state index < -0.39 is 5.97 Å².